The van der Waals surface area contributed by atoms with Crippen LogP contribution in [0.5, 0.6) is 0 Å². The minimum atomic E-state index is 0.0348. The second-order valence-electron chi connectivity index (χ2n) is 5.32. The molecule has 0 aliphatic carbocycles. The van der Waals surface area contributed by atoms with E-state index in [1.807, 2.05) is 61.6 Å². The Balaban J connectivity index is 2.15. The third-order valence-corrected chi connectivity index (χ3v) is 4.33. The highest BCUT2D eigenvalue weighted by Gasteiger charge is 2.11. The molecule has 4 heteroatoms. The van der Waals surface area contributed by atoms with E-state index >= 15 is 0 Å². The molecule has 0 saturated heterocycles. The predicted molar refractivity (Wildman–Crippen MR) is 97.2 cm³/mol. The maximum absolute atomic E-state index is 12.1. The Labute approximate surface area is 136 Å². The van der Waals surface area contributed by atoms with Gasteiger partial charge in [0.2, 0.25) is 5.91 Å². The SMILES string of the molecule is CC(C)SCC(=O)Nc1ccccc1N(C)c1ccccc1. The van der Waals surface area contributed by atoms with E-state index in [1.54, 1.807) is 11.8 Å². The first-order valence-electron chi connectivity index (χ1n) is 7.37. The van der Waals surface area contributed by atoms with Gasteiger partial charge in [-0.1, -0.05) is 44.2 Å². The molecule has 0 heterocycles. The summed E-state index contributed by atoms with van der Waals surface area (Å²) in [7, 11) is 2.00. The number of thioether (sulfide) groups is 1. The van der Waals surface area contributed by atoms with Crippen LogP contribution in [0.25, 0.3) is 0 Å². The maximum atomic E-state index is 12.1. The Hall–Kier alpha value is -1.94. The maximum Gasteiger partial charge on any atom is 0.234 e. The Kier molecular flexibility index (Phi) is 5.90. The fourth-order valence-corrected chi connectivity index (χ4v) is 2.65. The lowest BCUT2D eigenvalue weighted by Gasteiger charge is -2.22. The Morgan fingerprint density at radius 1 is 1.09 bits per heavy atom. The molecule has 0 fully saturated rings. The third-order valence-electron chi connectivity index (χ3n) is 3.23. The van der Waals surface area contributed by atoms with Crippen LogP contribution in [0.2, 0.25) is 0 Å². The summed E-state index contributed by atoms with van der Waals surface area (Å²) in [5.74, 6) is 0.508. The standard InChI is InChI=1S/C18H22N2OS/c1-14(2)22-13-18(21)19-16-11-7-8-12-17(16)20(3)15-9-5-4-6-10-15/h4-12,14H,13H2,1-3H3,(H,19,21). The zero-order chi connectivity index (χ0) is 15.9. The van der Waals surface area contributed by atoms with E-state index in [0.29, 0.717) is 11.0 Å². The molecule has 0 spiro atoms. The molecular formula is C18H22N2OS. The molecular weight excluding hydrogens is 292 g/mol. The van der Waals surface area contributed by atoms with E-state index in [9.17, 15) is 4.79 Å². The monoisotopic (exact) mass is 314 g/mol. The molecule has 0 unspecified atom stereocenters. The summed E-state index contributed by atoms with van der Waals surface area (Å²) in [4.78, 5) is 14.2. The van der Waals surface area contributed by atoms with Crippen LogP contribution < -0.4 is 10.2 Å². The van der Waals surface area contributed by atoms with Gasteiger partial charge in [0.05, 0.1) is 17.1 Å². The van der Waals surface area contributed by atoms with Gasteiger partial charge >= 0.3 is 0 Å². The third kappa shape index (κ3) is 4.53. The molecule has 0 atom stereocenters. The lowest BCUT2D eigenvalue weighted by molar-refractivity contribution is -0.113. The minimum absolute atomic E-state index is 0.0348. The molecule has 0 aliphatic rings. The zero-order valence-corrected chi connectivity index (χ0v) is 14.1. The number of nitrogens with zero attached hydrogens (tertiary/aromatic N) is 1. The van der Waals surface area contributed by atoms with Crippen LogP contribution in [0, 0.1) is 0 Å². The van der Waals surface area contributed by atoms with E-state index in [1.165, 1.54) is 0 Å². The van der Waals surface area contributed by atoms with Crippen LogP contribution >= 0.6 is 11.8 Å². The fraction of sp³-hybridized carbons (Fsp3) is 0.278. The number of amides is 1. The van der Waals surface area contributed by atoms with Crippen molar-refractivity contribution in [3.8, 4) is 0 Å². The average Bonchev–Trinajstić information content (AvgIpc) is 2.53. The van der Waals surface area contributed by atoms with Crippen molar-refractivity contribution in [1.29, 1.82) is 0 Å². The number of hydrogen-bond donors (Lipinski definition) is 1. The Bertz CT molecular complexity index is 613. The van der Waals surface area contributed by atoms with Crippen molar-refractivity contribution in [2.45, 2.75) is 19.1 Å². The van der Waals surface area contributed by atoms with Crippen LogP contribution in [0.4, 0.5) is 17.1 Å². The molecule has 22 heavy (non-hydrogen) atoms. The molecule has 1 N–H and O–H groups in total. The predicted octanol–water partition coefficient (Wildman–Crippen LogP) is 4.53. The molecule has 2 aromatic rings. The van der Waals surface area contributed by atoms with Crippen LogP contribution in [0.1, 0.15) is 13.8 Å². The number of rotatable bonds is 6. The number of hydrogen-bond acceptors (Lipinski definition) is 3. The quantitative estimate of drug-likeness (QED) is 0.850. The lowest BCUT2D eigenvalue weighted by Crippen LogP contribution is -2.18. The molecule has 0 saturated carbocycles. The highest BCUT2D eigenvalue weighted by atomic mass is 32.2. The number of para-hydroxylation sites is 3. The molecule has 116 valence electrons. The lowest BCUT2D eigenvalue weighted by atomic mass is 10.2. The van der Waals surface area contributed by atoms with E-state index in [0.717, 1.165) is 17.1 Å². The van der Waals surface area contributed by atoms with Crippen LogP contribution in [0.15, 0.2) is 54.6 Å². The van der Waals surface area contributed by atoms with Crippen molar-refractivity contribution >= 4 is 34.7 Å². The minimum Gasteiger partial charge on any atom is -0.343 e. The van der Waals surface area contributed by atoms with E-state index in [2.05, 4.69) is 24.1 Å². The number of anilines is 3. The van der Waals surface area contributed by atoms with Gasteiger partial charge in [0.1, 0.15) is 0 Å². The Morgan fingerprint density at radius 3 is 2.41 bits per heavy atom. The van der Waals surface area contributed by atoms with Crippen LogP contribution in [-0.2, 0) is 4.79 Å². The van der Waals surface area contributed by atoms with Gasteiger partial charge in [-0.3, -0.25) is 4.79 Å². The largest absolute Gasteiger partial charge is 0.343 e. The summed E-state index contributed by atoms with van der Waals surface area (Å²) in [6, 6.07) is 18.0. The van der Waals surface area contributed by atoms with Crippen molar-refractivity contribution in [3.05, 3.63) is 54.6 Å². The molecule has 2 rings (SSSR count). The molecule has 0 radical (unpaired) electrons. The van der Waals surface area contributed by atoms with E-state index in [4.69, 9.17) is 0 Å². The molecule has 0 bridgehead atoms. The van der Waals surface area contributed by atoms with Gasteiger partial charge in [0, 0.05) is 12.7 Å². The van der Waals surface area contributed by atoms with Gasteiger partial charge in [-0.25, -0.2) is 0 Å². The van der Waals surface area contributed by atoms with Crippen molar-refractivity contribution in [2.75, 3.05) is 23.0 Å². The molecule has 0 aromatic heterocycles. The van der Waals surface area contributed by atoms with Gasteiger partial charge in [0.15, 0.2) is 0 Å². The van der Waals surface area contributed by atoms with Crippen molar-refractivity contribution in [3.63, 3.8) is 0 Å². The summed E-state index contributed by atoms with van der Waals surface area (Å²) in [5, 5.41) is 3.47. The smallest absolute Gasteiger partial charge is 0.234 e. The summed E-state index contributed by atoms with van der Waals surface area (Å²) in [5.41, 5.74) is 2.90. The molecule has 0 aliphatic heterocycles. The summed E-state index contributed by atoms with van der Waals surface area (Å²) >= 11 is 1.64. The first-order chi connectivity index (χ1) is 10.6. The summed E-state index contributed by atoms with van der Waals surface area (Å²) < 4.78 is 0. The molecule has 2 aromatic carbocycles. The van der Waals surface area contributed by atoms with E-state index < -0.39 is 0 Å². The highest BCUT2D eigenvalue weighted by molar-refractivity contribution is 8.00. The number of benzene rings is 2. The molecule has 1 amide bonds. The van der Waals surface area contributed by atoms with Crippen molar-refractivity contribution in [2.24, 2.45) is 0 Å². The number of nitrogens with one attached hydrogen (secondary N) is 1. The normalized spacial score (nSPS) is 10.5. The fourth-order valence-electron chi connectivity index (χ4n) is 2.09. The summed E-state index contributed by atoms with van der Waals surface area (Å²) in [6.07, 6.45) is 0. The Morgan fingerprint density at radius 2 is 1.73 bits per heavy atom. The van der Waals surface area contributed by atoms with Crippen LogP contribution in [0.3, 0.4) is 0 Å². The van der Waals surface area contributed by atoms with Gasteiger partial charge in [-0.05, 0) is 29.5 Å². The van der Waals surface area contributed by atoms with Crippen molar-refractivity contribution < 1.29 is 4.79 Å². The first kappa shape index (κ1) is 16.4. The zero-order valence-electron chi connectivity index (χ0n) is 13.2. The second kappa shape index (κ2) is 7.90. The highest BCUT2D eigenvalue weighted by Crippen LogP contribution is 2.30. The van der Waals surface area contributed by atoms with Gasteiger partial charge in [-0.2, -0.15) is 0 Å². The van der Waals surface area contributed by atoms with Gasteiger partial charge in [-0.15, -0.1) is 11.8 Å². The van der Waals surface area contributed by atoms with E-state index in [-0.39, 0.29) is 5.91 Å². The topological polar surface area (TPSA) is 32.3 Å². The summed E-state index contributed by atoms with van der Waals surface area (Å²) in [6.45, 7) is 4.18. The van der Waals surface area contributed by atoms with Gasteiger partial charge < -0.3 is 10.2 Å². The van der Waals surface area contributed by atoms with Gasteiger partial charge in [0.25, 0.3) is 0 Å². The second-order valence-corrected chi connectivity index (χ2v) is 6.88. The molecule has 3 nitrogen and oxygen atoms in total. The van der Waals surface area contributed by atoms with Crippen molar-refractivity contribution in [1.82, 2.24) is 0 Å². The number of carbonyl (C=O) groups is 1. The average molecular weight is 314 g/mol. The van der Waals surface area contributed by atoms with Crippen LogP contribution in [-0.4, -0.2) is 24.0 Å². The number of carbonyl (C=O) groups excluding carboxylic acids is 1. The first-order valence-corrected chi connectivity index (χ1v) is 8.42.